The zero-order valence-electron chi connectivity index (χ0n) is 10.9. The van der Waals surface area contributed by atoms with Crippen molar-refractivity contribution in [2.24, 2.45) is 0 Å². The summed E-state index contributed by atoms with van der Waals surface area (Å²) < 4.78 is 31.6. The molecule has 0 radical (unpaired) electrons. The number of carbonyl (C=O) groups excluding carboxylic acids is 1. The second-order valence-corrected chi connectivity index (χ2v) is 4.10. The number of hydrogen-bond donors (Lipinski definition) is 2. The van der Waals surface area contributed by atoms with Gasteiger partial charge < -0.3 is 15.2 Å². The van der Waals surface area contributed by atoms with Crippen LogP contribution < -0.4 is 5.32 Å². The Bertz CT molecular complexity index is 452. The molecule has 0 aliphatic rings. The Labute approximate surface area is 110 Å². The maximum absolute atomic E-state index is 13.7. The monoisotopic (exact) mass is 273 g/mol. The highest BCUT2D eigenvalue weighted by molar-refractivity contribution is 5.90. The summed E-state index contributed by atoms with van der Waals surface area (Å²) in [5, 5.41) is 12.1. The number of carbonyl (C=O) groups is 1. The molecule has 1 unspecified atom stereocenters. The highest BCUT2D eigenvalue weighted by Gasteiger charge is 2.19. The van der Waals surface area contributed by atoms with Crippen molar-refractivity contribution < 1.29 is 23.4 Å². The third-order valence-electron chi connectivity index (χ3n) is 2.64. The third kappa shape index (κ3) is 3.89. The molecule has 0 saturated carbocycles. The first kappa shape index (κ1) is 15.4. The van der Waals surface area contributed by atoms with Gasteiger partial charge >= 0.3 is 5.97 Å². The third-order valence-corrected chi connectivity index (χ3v) is 2.64. The molecule has 1 atom stereocenters. The summed E-state index contributed by atoms with van der Waals surface area (Å²) in [6, 6.07) is 2.38. The minimum Gasteiger partial charge on any atom is -0.465 e. The van der Waals surface area contributed by atoms with Crippen molar-refractivity contribution in [3.63, 3.8) is 0 Å². The summed E-state index contributed by atoms with van der Waals surface area (Å²) in [6.45, 7) is 2.02. The van der Waals surface area contributed by atoms with Crippen LogP contribution in [0.15, 0.2) is 12.1 Å². The fraction of sp³-hybridized carbons (Fsp3) is 0.462. The van der Waals surface area contributed by atoms with Crippen molar-refractivity contribution in [1.29, 1.82) is 0 Å². The zero-order valence-corrected chi connectivity index (χ0v) is 10.9. The minimum absolute atomic E-state index is 0.0969. The average Bonchev–Trinajstić information content (AvgIpc) is 2.40. The van der Waals surface area contributed by atoms with Crippen LogP contribution in [0.25, 0.3) is 0 Å². The number of rotatable bonds is 6. The number of hydrogen-bond acceptors (Lipinski definition) is 4. The Morgan fingerprint density at radius 1 is 1.42 bits per heavy atom. The van der Waals surface area contributed by atoms with Crippen LogP contribution in [0.4, 0.5) is 14.5 Å². The van der Waals surface area contributed by atoms with E-state index in [2.05, 4.69) is 10.1 Å². The van der Waals surface area contributed by atoms with Crippen LogP contribution in [0.1, 0.15) is 30.1 Å². The van der Waals surface area contributed by atoms with Crippen LogP contribution in [-0.4, -0.2) is 30.8 Å². The largest absolute Gasteiger partial charge is 0.465 e. The van der Waals surface area contributed by atoms with Crippen molar-refractivity contribution in [2.45, 2.75) is 25.9 Å². The Morgan fingerprint density at radius 2 is 2.11 bits per heavy atom. The zero-order chi connectivity index (χ0) is 14.4. The number of anilines is 1. The van der Waals surface area contributed by atoms with Crippen molar-refractivity contribution in [3.8, 4) is 0 Å². The first-order valence-corrected chi connectivity index (χ1v) is 5.99. The molecule has 0 aliphatic carbocycles. The molecule has 1 aromatic carbocycles. The van der Waals surface area contributed by atoms with E-state index >= 15 is 0 Å². The molecule has 0 aromatic heterocycles. The standard InChI is InChI=1S/C13H17F2NO3/c1-3-4-8(17)7-16-10-6-5-9(13(18)19-2)11(14)12(10)15/h5-6,8,16-17H,3-4,7H2,1-2H3. The molecule has 6 heteroatoms. The van der Waals surface area contributed by atoms with Crippen LogP contribution in [0, 0.1) is 11.6 Å². The Kier molecular flexibility index (Phi) is 5.69. The Balaban J connectivity index is 2.82. The number of methoxy groups -OCH3 is 1. The highest BCUT2D eigenvalue weighted by atomic mass is 19.2. The molecule has 4 nitrogen and oxygen atoms in total. The van der Waals surface area contributed by atoms with E-state index in [0.29, 0.717) is 6.42 Å². The molecule has 0 heterocycles. The molecular formula is C13H17F2NO3. The number of aliphatic hydroxyl groups is 1. The summed E-state index contributed by atoms with van der Waals surface area (Å²) in [7, 11) is 1.09. The van der Waals surface area contributed by atoms with Gasteiger partial charge in [0, 0.05) is 6.54 Å². The second-order valence-electron chi connectivity index (χ2n) is 4.10. The van der Waals surface area contributed by atoms with Gasteiger partial charge in [-0.15, -0.1) is 0 Å². The van der Waals surface area contributed by atoms with Gasteiger partial charge in [-0.3, -0.25) is 0 Å². The number of esters is 1. The molecule has 0 bridgehead atoms. The molecule has 0 fully saturated rings. The predicted octanol–water partition coefficient (Wildman–Crippen LogP) is 2.32. The lowest BCUT2D eigenvalue weighted by Crippen LogP contribution is -2.20. The smallest absolute Gasteiger partial charge is 0.340 e. The Hall–Kier alpha value is -1.69. The van der Waals surface area contributed by atoms with Crippen LogP contribution in [0.3, 0.4) is 0 Å². The number of nitrogens with one attached hydrogen (secondary N) is 1. The summed E-state index contributed by atoms with van der Waals surface area (Å²) in [6.07, 6.45) is 0.728. The first-order valence-electron chi connectivity index (χ1n) is 5.99. The van der Waals surface area contributed by atoms with Gasteiger partial charge in [-0.05, 0) is 18.6 Å². The van der Waals surface area contributed by atoms with Crippen molar-refractivity contribution in [3.05, 3.63) is 29.3 Å². The van der Waals surface area contributed by atoms with Crippen LogP contribution in [0.2, 0.25) is 0 Å². The lowest BCUT2D eigenvalue weighted by atomic mass is 10.1. The van der Waals surface area contributed by atoms with E-state index in [-0.39, 0.29) is 12.2 Å². The van der Waals surface area contributed by atoms with Crippen molar-refractivity contribution in [2.75, 3.05) is 19.0 Å². The van der Waals surface area contributed by atoms with E-state index in [0.717, 1.165) is 19.6 Å². The average molecular weight is 273 g/mol. The van der Waals surface area contributed by atoms with Crippen molar-refractivity contribution >= 4 is 11.7 Å². The van der Waals surface area contributed by atoms with Crippen LogP contribution in [-0.2, 0) is 4.74 Å². The fourth-order valence-electron chi connectivity index (χ4n) is 1.62. The van der Waals surface area contributed by atoms with E-state index in [9.17, 15) is 18.7 Å². The lowest BCUT2D eigenvalue weighted by Gasteiger charge is -2.13. The molecule has 0 spiro atoms. The van der Waals surface area contributed by atoms with Crippen LogP contribution in [0.5, 0.6) is 0 Å². The van der Waals surface area contributed by atoms with Gasteiger partial charge in [0.25, 0.3) is 0 Å². The van der Waals surface area contributed by atoms with Gasteiger partial charge in [-0.2, -0.15) is 0 Å². The number of benzene rings is 1. The molecule has 19 heavy (non-hydrogen) atoms. The molecule has 0 aliphatic heterocycles. The summed E-state index contributed by atoms with van der Waals surface area (Å²) in [4.78, 5) is 11.2. The predicted molar refractivity (Wildman–Crippen MR) is 67.1 cm³/mol. The molecular weight excluding hydrogens is 256 g/mol. The quantitative estimate of drug-likeness (QED) is 0.781. The van der Waals surface area contributed by atoms with Crippen LogP contribution >= 0.6 is 0 Å². The van der Waals surface area contributed by atoms with Gasteiger partial charge in [0.2, 0.25) is 0 Å². The molecule has 106 valence electrons. The number of aliphatic hydroxyl groups excluding tert-OH is 1. The van der Waals surface area contributed by atoms with E-state index in [4.69, 9.17) is 0 Å². The number of ether oxygens (including phenoxy) is 1. The number of halogens is 2. The second kappa shape index (κ2) is 7.04. The minimum atomic E-state index is -1.26. The normalized spacial score (nSPS) is 12.1. The molecule has 1 aromatic rings. The first-order chi connectivity index (χ1) is 9.01. The van der Waals surface area contributed by atoms with Gasteiger partial charge in [0.1, 0.15) is 0 Å². The van der Waals surface area contributed by atoms with Gasteiger partial charge in [0.05, 0.1) is 24.5 Å². The summed E-state index contributed by atoms with van der Waals surface area (Å²) in [5.74, 6) is -3.36. The van der Waals surface area contributed by atoms with E-state index < -0.39 is 29.3 Å². The molecule has 0 saturated heterocycles. The van der Waals surface area contributed by atoms with Gasteiger partial charge in [-0.25, -0.2) is 13.6 Å². The van der Waals surface area contributed by atoms with E-state index in [1.807, 2.05) is 6.92 Å². The topological polar surface area (TPSA) is 58.6 Å². The van der Waals surface area contributed by atoms with Crippen molar-refractivity contribution in [1.82, 2.24) is 0 Å². The molecule has 1 rings (SSSR count). The summed E-state index contributed by atoms with van der Waals surface area (Å²) >= 11 is 0. The molecule has 2 N–H and O–H groups in total. The maximum atomic E-state index is 13.7. The maximum Gasteiger partial charge on any atom is 0.340 e. The fourth-order valence-corrected chi connectivity index (χ4v) is 1.62. The van der Waals surface area contributed by atoms with Gasteiger partial charge in [-0.1, -0.05) is 13.3 Å². The SMILES string of the molecule is CCCC(O)CNc1ccc(C(=O)OC)c(F)c1F. The Morgan fingerprint density at radius 3 is 2.68 bits per heavy atom. The highest BCUT2D eigenvalue weighted by Crippen LogP contribution is 2.21. The van der Waals surface area contributed by atoms with E-state index in [1.165, 1.54) is 6.07 Å². The van der Waals surface area contributed by atoms with Gasteiger partial charge in [0.15, 0.2) is 11.6 Å². The molecule has 0 amide bonds. The summed E-state index contributed by atoms with van der Waals surface area (Å²) in [5.41, 5.74) is -0.556. The van der Waals surface area contributed by atoms with E-state index in [1.54, 1.807) is 0 Å². The lowest BCUT2D eigenvalue weighted by molar-refractivity contribution is 0.0594.